The maximum absolute atomic E-state index is 14.2. The van der Waals surface area contributed by atoms with E-state index in [1.54, 1.807) is 36.4 Å². The Morgan fingerprint density at radius 1 is 0.900 bits per heavy atom. The van der Waals surface area contributed by atoms with E-state index in [4.69, 9.17) is 11.6 Å². The molecule has 214 valence electrons. The summed E-state index contributed by atoms with van der Waals surface area (Å²) >= 11 is 6.10. The Morgan fingerprint density at radius 3 is 2.08 bits per heavy atom. The largest absolute Gasteiger partial charge is 0.350 e. The lowest BCUT2D eigenvalue weighted by atomic mass is 10.0. The fourth-order valence-corrected chi connectivity index (χ4v) is 5.45. The highest BCUT2D eigenvalue weighted by Gasteiger charge is 2.34. The molecular weight excluding hydrogens is 546 g/mol. The zero-order chi connectivity index (χ0) is 29.5. The van der Waals surface area contributed by atoms with Crippen molar-refractivity contribution in [2.45, 2.75) is 58.7 Å². The molecule has 9 heteroatoms. The van der Waals surface area contributed by atoms with Gasteiger partial charge in [0.2, 0.25) is 21.8 Å². The van der Waals surface area contributed by atoms with Crippen LogP contribution in [-0.2, 0) is 39.0 Å². The summed E-state index contributed by atoms with van der Waals surface area (Å²) in [7, 11) is -3.82. The van der Waals surface area contributed by atoms with Gasteiger partial charge in [-0.3, -0.25) is 13.9 Å². The molecule has 0 aromatic heterocycles. The first-order valence-corrected chi connectivity index (χ1v) is 15.5. The lowest BCUT2D eigenvalue weighted by Crippen LogP contribution is -2.56. The topological polar surface area (TPSA) is 86.8 Å². The third-order valence-electron chi connectivity index (χ3n) is 6.36. The highest BCUT2D eigenvalue weighted by molar-refractivity contribution is 7.92. The van der Waals surface area contributed by atoms with Gasteiger partial charge in [0.1, 0.15) is 12.6 Å². The van der Waals surface area contributed by atoms with E-state index in [1.807, 2.05) is 70.2 Å². The lowest BCUT2D eigenvalue weighted by molar-refractivity contribution is -0.140. The summed E-state index contributed by atoms with van der Waals surface area (Å²) in [6.45, 7) is 7.21. The summed E-state index contributed by atoms with van der Waals surface area (Å²) in [5.74, 6) is -0.810. The molecule has 2 amide bonds. The molecule has 0 aliphatic heterocycles. The number of anilines is 1. The summed E-state index contributed by atoms with van der Waals surface area (Å²) in [4.78, 5) is 29.4. The van der Waals surface area contributed by atoms with Crippen LogP contribution in [0.25, 0.3) is 0 Å². The van der Waals surface area contributed by atoms with Gasteiger partial charge < -0.3 is 10.2 Å². The number of halogens is 1. The molecule has 3 aromatic carbocycles. The van der Waals surface area contributed by atoms with Crippen molar-refractivity contribution in [3.05, 3.63) is 101 Å². The Hall–Kier alpha value is -3.36. The van der Waals surface area contributed by atoms with E-state index in [9.17, 15) is 18.0 Å². The molecule has 0 fully saturated rings. The van der Waals surface area contributed by atoms with Gasteiger partial charge in [0.25, 0.3) is 0 Å². The molecule has 0 aliphatic carbocycles. The van der Waals surface area contributed by atoms with Gasteiger partial charge in [-0.25, -0.2) is 8.42 Å². The number of amides is 2. The van der Waals surface area contributed by atoms with E-state index in [1.165, 1.54) is 4.90 Å². The summed E-state index contributed by atoms with van der Waals surface area (Å²) in [6.07, 6.45) is 1.94. The second-order valence-corrected chi connectivity index (χ2v) is 13.2. The van der Waals surface area contributed by atoms with Crippen LogP contribution >= 0.6 is 11.6 Å². The van der Waals surface area contributed by atoms with Crippen molar-refractivity contribution in [2.24, 2.45) is 0 Å². The van der Waals surface area contributed by atoms with E-state index in [2.05, 4.69) is 5.32 Å². The average Bonchev–Trinajstić information content (AvgIpc) is 2.89. The Bertz CT molecular complexity index is 1400. The van der Waals surface area contributed by atoms with Crippen LogP contribution in [0.1, 0.15) is 44.4 Å². The molecular formula is C31H38ClN3O4S. The van der Waals surface area contributed by atoms with Crippen molar-refractivity contribution in [3.8, 4) is 0 Å². The number of aryl methyl sites for hydroxylation is 1. The lowest BCUT2D eigenvalue weighted by Gasteiger charge is -2.35. The first kappa shape index (κ1) is 31.2. The first-order valence-electron chi connectivity index (χ1n) is 13.2. The van der Waals surface area contributed by atoms with Gasteiger partial charge in [-0.1, -0.05) is 79.2 Å². The Kier molecular flexibility index (Phi) is 10.4. The predicted molar refractivity (Wildman–Crippen MR) is 162 cm³/mol. The number of para-hydroxylation sites is 1. The standard InChI is InChI=1S/C31H38ClN3O4S/c1-6-25-14-10-11-15-27(25)35(40(5,38)39)22-29(36)34(21-24-16-18-26(32)19-17-24)28(30(37)33-31(2,3)4)20-23-12-8-7-9-13-23/h7-19,28H,6,20-22H2,1-5H3,(H,33,37)/t28-/m1/s1. The molecule has 7 nitrogen and oxygen atoms in total. The molecule has 3 aromatic rings. The van der Waals surface area contributed by atoms with Gasteiger partial charge in [-0.2, -0.15) is 0 Å². The fraction of sp³-hybridized carbons (Fsp3) is 0.355. The van der Waals surface area contributed by atoms with Crippen molar-refractivity contribution in [3.63, 3.8) is 0 Å². The first-order chi connectivity index (χ1) is 18.8. The second-order valence-electron chi connectivity index (χ2n) is 10.8. The minimum absolute atomic E-state index is 0.0953. The molecule has 1 atom stereocenters. The van der Waals surface area contributed by atoms with Crippen molar-refractivity contribution < 1.29 is 18.0 Å². The predicted octanol–water partition coefficient (Wildman–Crippen LogP) is 5.22. The molecule has 0 bridgehead atoms. The van der Waals surface area contributed by atoms with Crippen LogP contribution in [0.15, 0.2) is 78.9 Å². The van der Waals surface area contributed by atoms with Crippen LogP contribution in [0.3, 0.4) is 0 Å². The van der Waals surface area contributed by atoms with Crippen LogP contribution in [0.5, 0.6) is 0 Å². The molecule has 0 saturated carbocycles. The van der Waals surface area contributed by atoms with E-state index < -0.39 is 34.1 Å². The number of nitrogens with zero attached hydrogens (tertiary/aromatic N) is 2. The van der Waals surface area contributed by atoms with E-state index >= 15 is 0 Å². The van der Waals surface area contributed by atoms with Crippen LogP contribution < -0.4 is 9.62 Å². The zero-order valence-corrected chi connectivity index (χ0v) is 25.3. The molecule has 0 radical (unpaired) electrons. The van der Waals surface area contributed by atoms with Crippen LogP contribution in [0, 0.1) is 0 Å². The maximum atomic E-state index is 14.2. The Morgan fingerprint density at radius 2 is 1.50 bits per heavy atom. The zero-order valence-electron chi connectivity index (χ0n) is 23.7. The highest BCUT2D eigenvalue weighted by atomic mass is 35.5. The van der Waals surface area contributed by atoms with Gasteiger partial charge in [0, 0.05) is 23.5 Å². The van der Waals surface area contributed by atoms with E-state index in [0.29, 0.717) is 17.1 Å². The minimum Gasteiger partial charge on any atom is -0.350 e. The normalized spacial score (nSPS) is 12.4. The molecule has 3 rings (SSSR count). The number of rotatable bonds is 11. The third kappa shape index (κ3) is 8.83. The highest BCUT2D eigenvalue weighted by Crippen LogP contribution is 2.25. The van der Waals surface area contributed by atoms with E-state index in [0.717, 1.165) is 27.3 Å². The SMILES string of the molecule is CCc1ccccc1N(CC(=O)N(Cc1ccc(Cl)cc1)[C@H](Cc1ccccc1)C(=O)NC(C)(C)C)S(C)(=O)=O. The maximum Gasteiger partial charge on any atom is 0.244 e. The summed E-state index contributed by atoms with van der Waals surface area (Å²) in [5, 5.41) is 3.57. The number of nitrogens with one attached hydrogen (secondary N) is 1. The van der Waals surface area contributed by atoms with Crippen molar-refractivity contribution in [1.82, 2.24) is 10.2 Å². The molecule has 0 saturated heterocycles. The van der Waals surface area contributed by atoms with Crippen molar-refractivity contribution in [2.75, 3.05) is 17.1 Å². The molecule has 0 spiro atoms. The monoisotopic (exact) mass is 583 g/mol. The van der Waals surface area contributed by atoms with Gasteiger partial charge in [-0.05, 0) is 62.1 Å². The number of sulfonamides is 1. The van der Waals surface area contributed by atoms with Crippen LogP contribution in [0.2, 0.25) is 5.02 Å². The minimum atomic E-state index is -3.82. The van der Waals surface area contributed by atoms with Crippen molar-refractivity contribution in [1.29, 1.82) is 0 Å². The quantitative estimate of drug-likeness (QED) is 0.335. The van der Waals surface area contributed by atoms with Crippen LogP contribution in [-0.4, -0.2) is 49.5 Å². The number of hydrogen-bond acceptors (Lipinski definition) is 4. The number of carbonyl (C=O) groups excluding carboxylic acids is 2. The second kappa shape index (κ2) is 13.3. The Balaban J connectivity index is 2.09. The number of benzene rings is 3. The molecule has 0 heterocycles. The summed E-state index contributed by atoms with van der Waals surface area (Å²) < 4.78 is 27.1. The third-order valence-corrected chi connectivity index (χ3v) is 7.73. The molecule has 0 unspecified atom stereocenters. The number of carbonyl (C=O) groups is 2. The molecule has 40 heavy (non-hydrogen) atoms. The van der Waals surface area contributed by atoms with Crippen molar-refractivity contribution >= 4 is 39.1 Å². The molecule has 1 N–H and O–H groups in total. The fourth-order valence-electron chi connectivity index (χ4n) is 4.44. The van der Waals surface area contributed by atoms with Gasteiger partial charge >= 0.3 is 0 Å². The van der Waals surface area contributed by atoms with Gasteiger partial charge in [0.05, 0.1) is 11.9 Å². The summed E-state index contributed by atoms with van der Waals surface area (Å²) in [5.41, 5.74) is 2.35. The van der Waals surface area contributed by atoms with Gasteiger partial charge in [0.15, 0.2) is 0 Å². The van der Waals surface area contributed by atoms with Crippen LogP contribution in [0.4, 0.5) is 5.69 Å². The van der Waals surface area contributed by atoms with Gasteiger partial charge in [-0.15, -0.1) is 0 Å². The average molecular weight is 584 g/mol. The Labute approximate surface area is 243 Å². The molecule has 0 aliphatic rings. The number of hydrogen-bond donors (Lipinski definition) is 1. The summed E-state index contributed by atoms with van der Waals surface area (Å²) in [6, 6.07) is 22.7. The van der Waals surface area contributed by atoms with E-state index in [-0.39, 0.29) is 18.9 Å². The smallest absolute Gasteiger partial charge is 0.244 e.